The average Bonchev–Trinajstić information content (AvgIpc) is 2.68. The maximum Gasteiger partial charge on any atom is 0.331 e. The van der Waals surface area contributed by atoms with E-state index in [0.717, 1.165) is 12.1 Å². The Morgan fingerprint density at radius 1 is 1.12 bits per heavy atom. The highest BCUT2D eigenvalue weighted by Gasteiger charge is 2.22. The van der Waals surface area contributed by atoms with Gasteiger partial charge in [-0.15, -0.1) is 0 Å². The molecule has 0 bridgehead atoms. The van der Waals surface area contributed by atoms with E-state index in [1.807, 2.05) is 0 Å². The number of hydrogen-bond donors (Lipinski definition) is 1. The summed E-state index contributed by atoms with van der Waals surface area (Å²) in [5.74, 6) is -2.76. The molecule has 3 nitrogen and oxygen atoms in total. The molecule has 2 aromatic rings. The van der Waals surface area contributed by atoms with E-state index >= 15 is 0 Å². The van der Waals surface area contributed by atoms with Crippen molar-refractivity contribution in [2.24, 2.45) is 0 Å². The molecule has 17 heavy (non-hydrogen) atoms. The monoisotopic (exact) mass is 237 g/mol. The van der Waals surface area contributed by atoms with Gasteiger partial charge in [-0.3, -0.25) is 0 Å². The summed E-state index contributed by atoms with van der Waals surface area (Å²) in [4.78, 5) is 11.2. The van der Waals surface area contributed by atoms with Crippen LogP contribution in [-0.4, -0.2) is 15.6 Å². The van der Waals surface area contributed by atoms with Gasteiger partial charge in [0, 0.05) is 18.5 Å². The lowest BCUT2D eigenvalue weighted by Gasteiger charge is -2.14. The van der Waals surface area contributed by atoms with Crippen molar-refractivity contribution in [3.05, 3.63) is 59.9 Å². The highest BCUT2D eigenvalue weighted by molar-refractivity contribution is 5.76. The molecular formula is C12H9F2NO2. The second-order valence-corrected chi connectivity index (χ2v) is 3.57. The van der Waals surface area contributed by atoms with Crippen LogP contribution in [0.4, 0.5) is 8.78 Å². The lowest BCUT2D eigenvalue weighted by Crippen LogP contribution is -2.19. The molecule has 1 heterocycles. The standard InChI is InChI=1S/C12H9F2NO2/c13-9-5-8(6-10(14)7-9)11(12(16)17)15-3-1-2-4-15/h1-7,11H,(H,16,17)/t11-/m0/s1. The van der Waals surface area contributed by atoms with Gasteiger partial charge in [-0.25, -0.2) is 13.6 Å². The first kappa shape index (κ1) is 11.3. The molecule has 0 aliphatic carbocycles. The van der Waals surface area contributed by atoms with Crippen molar-refractivity contribution in [1.29, 1.82) is 0 Å². The van der Waals surface area contributed by atoms with Crippen LogP contribution >= 0.6 is 0 Å². The van der Waals surface area contributed by atoms with Crippen LogP contribution in [-0.2, 0) is 4.79 Å². The van der Waals surface area contributed by atoms with Gasteiger partial charge < -0.3 is 9.67 Å². The fourth-order valence-electron chi connectivity index (χ4n) is 1.70. The number of carbonyl (C=O) groups is 1. The molecule has 1 aromatic heterocycles. The smallest absolute Gasteiger partial charge is 0.331 e. The predicted octanol–water partition coefficient (Wildman–Crippen LogP) is 2.44. The number of aliphatic carboxylic acids is 1. The molecule has 88 valence electrons. The third kappa shape index (κ3) is 2.33. The number of nitrogens with zero attached hydrogens (tertiary/aromatic N) is 1. The van der Waals surface area contributed by atoms with Crippen molar-refractivity contribution in [2.75, 3.05) is 0 Å². The number of aromatic nitrogens is 1. The zero-order valence-electron chi connectivity index (χ0n) is 8.68. The molecule has 0 saturated carbocycles. The summed E-state index contributed by atoms with van der Waals surface area (Å²) < 4.78 is 27.5. The van der Waals surface area contributed by atoms with Crippen LogP contribution in [0.5, 0.6) is 0 Å². The Balaban J connectivity index is 2.50. The van der Waals surface area contributed by atoms with Gasteiger partial charge in [0.25, 0.3) is 0 Å². The molecule has 1 aromatic carbocycles. The average molecular weight is 237 g/mol. The largest absolute Gasteiger partial charge is 0.479 e. The number of rotatable bonds is 3. The first-order chi connectivity index (χ1) is 8.08. The minimum absolute atomic E-state index is 0.0613. The molecule has 0 amide bonds. The number of benzene rings is 1. The van der Waals surface area contributed by atoms with Gasteiger partial charge >= 0.3 is 5.97 Å². The summed E-state index contributed by atoms with van der Waals surface area (Å²) in [6.45, 7) is 0. The van der Waals surface area contributed by atoms with Gasteiger partial charge in [-0.1, -0.05) is 0 Å². The molecule has 0 unspecified atom stereocenters. The van der Waals surface area contributed by atoms with Crippen molar-refractivity contribution >= 4 is 5.97 Å². The van der Waals surface area contributed by atoms with E-state index in [2.05, 4.69) is 0 Å². The summed E-state index contributed by atoms with van der Waals surface area (Å²) in [5, 5.41) is 9.11. The summed E-state index contributed by atoms with van der Waals surface area (Å²) >= 11 is 0. The van der Waals surface area contributed by atoms with E-state index in [-0.39, 0.29) is 5.56 Å². The van der Waals surface area contributed by atoms with Crippen molar-refractivity contribution in [2.45, 2.75) is 6.04 Å². The Kier molecular flexibility index (Phi) is 2.91. The van der Waals surface area contributed by atoms with Gasteiger partial charge in [-0.05, 0) is 29.8 Å². The fraction of sp³-hybridized carbons (Fsp3) is 0.0833. The summed E-state index contributed by atoms with van der Waals surface area (Å²) in [5.41, 5.74) is 0.0613. The first-order valence-electron chi connectivity index (χ1n) is 4.89. The number of hydrogen-bond acceptors (Lipinski definition) is 1. The SMILES string of the molecule is O=C(O)[C@H](c1cc(F)cc(F)c1)n1cccc1. The van der Waals surface area contributed by atoms with E-state index in [4.69, 9.17) is 5.11 Å². The van der Waals surface area contributed by atoms with Crippen LogP contribution in [0, 0.1) is 11.6 Å². The van der Waals surface area contributed by atoms with Crippen LogP contribution in [0.2, 0.25) is 0 Å². The normalized spacial score (nSPS) is 12.4. The van der Waals surface area contributed by atoms with Gasteiger partial charge in [0.15, 0.2) is 6.04 Å². The van der Waals surface area contributed by atoms with Crippen LogP contribution in [0.15, 0.2) is 42.7 Å². The Bertz CT molecular complexity index is 517. The second-order valence-electron chi connectivity index (χ2n) is 3.57. The molecule has 5 heteroatoms. The van der Waals surface area contributed by atoms with Crippen LogP contribution in [0.3, 0.4) is 0 Å². The third-order valence-corrected chi connectivity index (χ3v) is 2.36. The molecule has 0 aliphatic rings. The van der Waals surface area contributed by atoms with Crippen LogP contribution in [0.1, 0.15) is 11.6 Å². The summed E-state index contributed by atoms with van der Waals surface area (Å²) in [6, 6.07) is 4.90. The molecule has 1 atom stereocenters. The Labute approximate surface area is 95.9 Å². The highest BCUT2D eigenvalue weighted by Crippen LogP contribution is 2.21. The number of carboxylic acid groups (broad SMARTS) is 1. The van der Waals surface area contributed by atoms with Gasteiger partial charge in [-0.2, -0.15) is 0 Å². The molecular weight excluding hydrogens is 228 g/mol. The molecule has 0 spiro atoms. The second kappa shape index (κ2) is 4.37. The quantitative estimate of drug-likeness (QED) is 0.890. The third-order valence-electron chi connectivity index (χ3n) is 2.36. The fourth-order valence-corrected chi connectivity index (χ4v) is 1.70. The predicted molar refractivity (Wildman–Crippen MR) is 56.6 cm³/mol. The summed E-state index contributed by atoms with van der Waals surface area (Å²) in [6.07, 6.45) is 3.06. The Morgan fingerprint density at radius 3 is 2.12 bits per heavy atom. The van der Waals surface area contributed by atoms with Crippen molar-refractivity contribution in [3.8, 4) is 0 Å². The van der Waals surface area contributed by atoms with Crippen LogP contribution in [0.25, 0.3) is 0 Å². The van der Waals surface area contributed by atoms with E-state index in [0.29, 0.717) is 6.07 Å². The Hall–Kier alpha value is -2.17. The number of carboxylic acids is 1. The molecule has 2 rings (SSSR count). The topological polar surface area (TPSA) is 42.2 Å². The Morgan fingerprint density at radius 2 is 1.65 bits per heavy atom. The minimum Gasteiger partial charge on any atom is -0.479 e. The van der Waals surface area contributed by atoms with E-state index in [1.54, 1.807) is 12.1 Å². The molecule has 0 fully saturated rings. The van der Waals surface area contributed by atoms with Gasteiger partial charge in [0.1, 0.15) is 11.6 Å². The lowest BCUT2D eigenvalue weighted by molar-refractivity contribution is -0.139. The zero-order valence-corrected chi connectivity index (χ0v) is 8.68. The summed E-state index contributed by atoms with van der Waals surface area (Å²) in [7, 11) is 0. The lowest BCUT2D eigenvalue weighted by atomic mass is 10.1. The molecule has 1 N–H and O–H groups in total. The highest BCUT2D eigenvalue weighted by atomic mass is 19.1. The van der Waals surface area contributed by atoms with E-state index < -0.39 is 23.6 Å². The minimum atomic E-state index is -1.17. The van der Waals surface area contributed by atoms with E-state index in [9.17, 15) is 13.6 Å². The van der Waals surface area contributed by atoms with Gasteiger partial charge in [0.05, 0.1) is 0 Å². The van der Waals surface area contributed by atoms with Crippen molar-refractivity contribution in [1.82, 2.24) is 4.57 Å². The van der Waals surface area contributed by atoms with Crippen molar-refractivity contribution in [3.63, 3.8) is 0 Å². The molecule has 0 aliphatic heterocycles. The molecule has 0 radical (unpaired) electrons. The maximum atomic E-state index is 13.1. The number of halogens is 2. The van der Waals surface area contributed by atoms with Crippen LogP contribution < -0.4 is 0 Å². The van der Waals surface area contributed by atoms with Crippen molar-refractivity contribution < 1.29 is 18.7 Å². The van der Waals surface area contributed by atoms with E-state index in [1.165, 1.54) is 17.0 Å². The molecule has 0 saturated heterocycles. The van der Waals surface area contributed by atoms with Gasteiger partial charge in [0.2, 0.25) is 0 Å². The first-order valence-corrected chi connectivity index (χ1v) is 4.89. The zero-order chi connectivity index (χ0) is 12.4. The maximum absolute atomic E-state index is 13.1.